The normalized spacial score (nSPS) is 14.5. The quantitative estimate of drug-likeness (QED) is 0.628. The number of nitrogens with zero attached hydrogens (tertiary/aromatic N) is 3. The van der Waals surface area contributed by atoms with E-state index in [0.717, 1.165) is 43.3 Å². The molecule has 1 aliphatic rings. The number of ether oxygens (including phenoxy) is 1. The Bertz CT molecular complexity index is 968. The molecule has 1 amide bonds. The maximum atomic E-state index is 12.5. The van der Waals surface area contributed by atoms with Crippen LogP contribution in [-0.2, 0) is 6.42 Å². The molecule has 1 aliphatic heterocycles. The van der Waals surface area contributed by atoms with E-state index in [1.807, 2.05) is 36.4 Å². The summed E-state index contributed by atoms with van der Waals surface area (Å²) in [6.07, 6.45) is 2.82. The van der Waals surface area contributed by atoms with E-state index in [2.05, 4.69) is 26.7 Å². The SMILES string of the molecule is COc1ccccc1C(=O)NCC1CCN(c2nc(Cc3ccccc3)ns2)CC1. The lowest BCUT2D eigenvalue weighted by Crippen LogP contribution is -2.38. The maximum Gasteiger partial charge on any atom is 0.255 e. The van der Waals surface area contributed by atoms with Gasteiger partial charge in [0.25, 0.3) is 5.91 Å². The number of anilines is 1. The molecule has 4 rings (SSSR count). The average Bonchev–Trinajstić information content (AvgIpc) is 3.27. The molecule has 0 radical (unpaired) electrons. The van der Waals surface area contributed by atoms with E-state index >= 15 is 0 Å². The van der Waals surface area contributed by atoms with Crippen LogP contribution in [0.5, 0.6) is 5.75 Å². The van der Waals surface area contributed by atoms with Crippen molar-refractivity contribution in [2.75, 3.05) is 31.6 Å². The highest BCUT2D eigenvalue weighted by Gasteiger charge is 2.23. The zero-order chi connectivity index (χ0) is 20.8. The first-order valence-corrected chi connectivity index (χ1v) is 11.0. The largest absolute Gasteiger partial charge is 0.496 e. The molecule has 1 N–H and O–H groups in total. The highest BCUT2D eigenvalue weighted by atomic mass is 32.1. The lowest BCUT2D eigenvalue weighted by Gasteiger charge is -2.31. The predicted molar refractivity (Wildman–Crippen MR) is 119 cm³/mol. The summed E-state index contributed by atoms with van der Waals surface area (Å²) in [6, 6.07) is 17.6. The van der Waals surface area contributed by atoms with Gasteiger partial charge in [-0.15, -0.1) is 0 Å². The fourth-order valence-corrected chi connectivity index (χ4v) is 4.45. The topological polar surface area (TPSA) is 67.3 Å². The molecule has 156 valence electrons. The fourth-order valence-electron chi connectivity index (χ4n) is 3.72. The third-order valence-corrected chi connectivity index (χ3v) is 6.27. The summed E-state index contributed by atoms with van der Waals surface area (Å²) >= 11 is 1.48. The van der Waals surface area contributed by atoms with Crippen molar-refractivity contribution >= 4 is 22.6 Å². The maximum absolute atomic E-state index is 12.5. The van der Waals surface area contributed by atoms with Crippen LogP contribution in [0.2, 0.25) is 0 Å². The van der Waals surface area contributed by atoms with Crippen LogP contribution in [0.4, 0.5) is 5.13 Å². The van der Waals surface area contributed by atoms with Gasteiger partial charge in [-0.3, -0.25) is 4.79 Å². The van der Waals surface area contributed by atoms with Gasteiger partial charge < -0.3 is 15.0 Å². The van der Waals surface area contributed by atoms with Crippen molar-refractivity contribution in [1.82, 2.24) is 14.7 Å². The summed E-state index contributed by atoms with van der Waals surface area (Å²) < 4.78 is 9.82. The number of hydrogen-bond donors (Lipinski definition) is 1. The number of para-hydroxylation sites is 1. The second-order valence-corrected chi connectivity index (χ2v) is 8.23. The van der Waals surface area contributed by atoms with E-state index in [9.17, 15) is 4.79 Å². The number of piperidine rings is 1. The summed E-state index contributed by atoms with van der Waals surface area (Å²) in [5, 5.41) is 4.06. The summed E-state index contributed by atoms with van der Waals surface area (Å²) in [5.74, 6) is 1.88. The van der Waals surface area contributed by atoms with E-state index in [-0.39, 0.29) is 5.91 Å². The summed E-state index contributed by atoms with van der Waals surface area (Å²) in [7, 11) is 1.58. The molecule has 0 saturated carbocycles. The molecule has 0 bridgehead atoms. The predicted octanol–water partition coefficient (Wildman–Crippen LogP) is 3.78. The molecule has 30 heavy (non-hydrogen) atoms. The number of amides is 1. The average molecular weight is 423 g/mol. The van der Waals surface area contributed by atoms with E-state index in [1.165, 1.54) is 17.1 Å². The van der Waals surface area contributed by atoms with E-state index in [0.29, 0.717) is 23.8 Å². The van der Waals surface area contributed by atoms with Crippen molar-refractivity contribution in [3.63, 3.8) is 0 Å². The molecule has 2 heterocycles. The Kier molecular flexibility index (Phi) is 6.59. The zero-order valence-electron chi connectivity index (χ0n) is 17.1. The molecule has 2 aromatic carbocycles. The highest BCUT2D eigenvalue weighted by Crippen LogP contribution is 2.25. The molecule has 1 saturated heterocycles. The van der Waals surface area contributed by atoms with Gasteiger partial charge in [0.1, 0.15) is 11.6 Å². The van der Waals surface area contributed by atoms with Gasteiger partial charge in [0.15, 0.2) is 0 Å². The Balaban J connectivity index is 1.26. The molecule has 3 aromatic rings. The molecule has 0 unspecified atom stereocenters. The molecular weight excluding hydrogens is 396 g/mol. The number of rotatable bonds is 7. The summed E-state index contributed by atoms with van der Waals surface area (Å²) in [6.45, 7) is 2.56. The Morgan fingerprint density at radius 1 is 1.13 bits per heavy atom. The van der Waals surface area contributed by atoms with Gasteiger partial charge in [-0.25, -0.2) is 4.98 Å². The van der Waals surface area contributed by atoms with Gasteiger partial charge in [0, 0.05) is 37.6 Å². The van der Waals surface area contributed by atoms with E-state index < -0.39 is 0 Å². The summed E-state index contributed by atoms with van der Waals surface area (Å²) in [4.78, 5) is 19.5. The van der Waals surface area contributed by atoms with Gasteiger partial charge in [-0.1, -0.05) is 42.5 Å². The minimum absolute atomic E-state index is 0.0791. The minimum Gasteiger partial charge on any atom is -0.496 e. The molecule has 1 fully saturated rings. The summed E-state index contributed by atoms with van der Waals surface area (Å²) in [5.41, 5.74) is 1.81. The highest BCUT2D eigenvalue weighted by molar-refractivity contribution is 7.09. The Labute approximate surface area is 181 Å². The van der Waals surface area contributed by atoms with Crippen LogP contribution in [0.15, 0.2) is 54.6 Å². The van der Waals surface area contributed by atoms with Crippen molar-refractivity contribution in [2.45, 2.75) is 19.3 Å². The number of nitrogens with one attached hydrogen (secondary N) is 1. The smallest absolute Gasteiger partial charge is 0.255 e. The number of hydrogen-bond acceptors (Lipinski definition) is 6. The van der Waals surface area contributed by atoms with Gasteiger partial charge in [0.05, 0.1) is 12.7 Å². The minimum atomic E-state index is -0.0791. The first-order valence-electron chi connectivity index (χ1n) is 10.3. The van der Waals surface area contributed by atoms with Gasteiger partial charge >= 0.3 is 0 Å². The second kappa shape index (κ2) is 9.71. The Morgan fingerprint density at radius 2 is 1.87 bits per heavy atom. The van der Waals surface area contributed by atoms with E-state index in [4.69, 9.17) is 9.72 Å². The third kappa shape index (κ3) is 4.97. The van der Waals surface area contributed by atoms with Crippen LogP contribution < -0.4 is 15.0 Å². The second-order valence-electron chi connectivity index (χ2n) is 7.50. The standard InChI is InChI=1S/C23H26N4O2S/c1-29-20-10-6-5-9-19(20)22(28)24-16-18-11-13-27(14-12-18)23-25-21(26-30-23)15-17-7-3-2-4-8-17/h2-10,18H,11-16H2,1H3,(H,24,28). The third-order valence-electron chi connectivity index (χ3n) is 5.45. The van der Waals surface area contributed by atoms with Crippen molar-refractivity contribution in [1.29, 1.82) is 0 Å². The first-order chi connectivity index (χ1) is 14.7. The molecule has 6 nitrogen and oxygen atoms in total. The van der Waals surface area contributed by atoms with Crippen molar-refractivity contribution in [2.24, 2.45) is 5.92 Å². The molecule has 7 heteroatoms. The van der Waals surface area contributed by atoms with Gasteiger partial charge in [-0.05, 0) is 36.5 Å². The van der Waals surface area contributed by atoms with Gasteiger partial charge in [0.2, 0.25) is 5.13 Å². The van der Waals surface area contributed by atoms with Crippen molar-refractivity contribution < 1.29 is 9.53 Å². The number of benzene rings is 2. The van der Waals surface area contributed by atoms with Crippen LogP contribution in [0.3, 0.4) is 0 Å². The van der Waals surface area contributed by atoms with Crippen LogP contribution in [0.1, 0.15) is 34.6 Å². The number of aromatic nitrogens is 2. The zero-order valence-corrected chi connectivity index (χ0v) is 17.9. The first kappa shape index (κ1) is 20.3. The van der Waals surface area contributed by atoms with Crippen LogP contribution in [0, 0.1) is 5.92 Å². The fraction of sp³-hybridized carbons (Fsp3) is 0.348. The van der Waals surface area contributed by atoms with Crippen LogP contribution >= 0.6 is 11.5 Å². The van der Waals surface area contributed by atoms with Crippen molar-refractivity contribution in [3.05, 3.63) is 71.5 Å². The lowest BCUT2D eigenvalue weighted by molar-refractivity contribution is 0.0942. The molecular formula is C23H26N4O2S. The molecule has 0 spiro atoms. The molecule has 1 aromatic heterocycles. The van der Waals surface area contributed by atoms with Crippen molar-refractivity contribution in [3.8, 4) is 5.75 Å². The molecule has 0 aliphatic carbocycles. The number of methoxy groups -OCH3 is 1. The monoisotopic (exact) mass is 422 g/mol. The number of carbonyl (C=O) groups is 1. The van der Waals surface area contributed by atoms with Crippen LogP contribution in [-0.4, -0.2) is 42.0 Å². The van der Waals surface area contributed by atoms with Gasteiger partial charge in [-0.2, -0.15) is 4.37 Å². The number of carbonyl (C=O) groups excluding carboxylic acids is 1. The lowest BCUT2D eigenvalue weighted by atomic mass is 9.97. The molecule has 0 atom stereocenters. The Morgan fingerprint density at radius 3 is 2.63 bits per heavy atom. The van der Waals surface area contributed by atoms with E-state index in [1.54, 1.807) is 13.2 Å². The van der Waals surface area contributed by atoms with Crippen LogP contribution in [0.25, 0.3) is 0 Å². The Hall–Kier alpha value is -2.93.